The molecule has 0 aliphatic rings. The van der Waals surface area contributed by atoms with Crippen LogP contribution in [0.1, 0.15) is 0 Å². The fraction of sp³-hybridized carbons (Fsp3) is 0. The zero-order valence-corrected chi connectivity index (χ0v) is 37.0. The summed E-state index contributed by atoms with van der Waals surface area (Å²) in [5, 5.41) is 6.42. The van der Waals surface area contributed by atoms with E-state index in [1.54, 1.807) is 0 Å². The minimum Gasteiger partial charge on any atom is -0.456 e. The third-order valence-electron chi connectivity index (χ3n) is 13.5. The zero-order chi connectivity index (χ0) is 45.4. The van der Waals surface area contributed by atoms with E-state index in [2.05, 4.69) is 180 Å². The molecular formula is C63H38N4O2. The van der Waals surface area contributed by atoms with Gasteiger partial charge in [0.25, 0.3) is 0 Å². The molecule has 0 saturated carbocycles. The maximum absolute atomic E-state index is 6.42. The summed E-state index contributed by atoms with van der Waals surface area (Å²) >= 11 is 0. The quantitative estimate of drug-likeness (QED) is 0.159. The molecule has 0 N–H and O–H groups in total. The highest BCUT2D eigenvalue weighted by atomic mass is 16.3. The van der Waals surface area contributed by atoms with Gasteiger partial charge in [0.05, 0.1) is 16.7 Å². The monoisotopic (exact) mass is 882 g/mol. The van der Waals surface area contributed by atoms with Crippen LogP contribution in [0.2, 0.25) is 0 Å². The van der Waals surface area contributed by atoms with Crippen molar-refractivity contribution in [2.45, 2.75) is 0 Å². The first kappa shape index (κ1) is 38.8. The summed E-state index contributed by atoms with van der Waals surface area (Å²) < 4.78 is 15.3. The number of fused-ring (bicyclic) bond motifs is 9. The van der Waals surface area contributed by atoms with Gasteiger partial charge in [-0.15, -0.1) is 0 Å². The summed E-state index contributed by atoms with van der Waals surface area (Å²) in [6.45, 7) is 0. The number of nitrogens with zero attached hydrogens (tertiary/aromatic N) is 4. The Labute approximate surface area is 396 Å². The van der Waals surface area contributed by atoms with Crippen molar-refractivity contribution in [1.82, 2.24) is 19.5 Å². The van der Waals surface area contributed by atoms with Gasteiger partial charge in [-0.3, -0.25) is 0 Å². The predicted molar refractivity (Wildman–Crippen MR) is 281 cm³/mol. The van der Waals surface area contributed by atoms with E-state index >= 15 is 0 Å². The Balaban J connectivity index is 1.06. The molecular weight excluding hydrogens is 845 g/mol. The lowest BCUT2D eigenvalue weighted by molar-refractivity contribution is 0.668. The van der Waals surface area contributed by atoms with E-state index in [9.17, 15) is 0 Å². The molecule has 4 aromatic heterocycles. The first-order valence-corrected chi connectivity index (χ1v) is 23.2. The first-order valence-electron chi connectivity index (χ1n) is 23.2. The highest BCUT2D eigenvalue weighted by Gasteiger charge is 2.24. The summed E-state index contributed by atoms with van der Waals surface area (Å²) in [6.07, 6.45) is 0. The van der Waals surface area contributed by atoms with Crippen LogP contribution in [-0.2, 0) is 0 Å². The maximum Gasteiger partial charge on any atom is 0.164 e. The van der Waals surface area contributed by atoms with Gasteiger partial charge in [-0.05, 0) is 82.9 Å². The molecule has 0 aliphatic heterocycles. The molecule has 322 valence electrons. The van der Waals surface area contributed by atoms with Crippen LogP contribution >= 0.6 is 0 Å². The van der Waals surface area contributed by atoms with E-state index < -0.39 is 0 Å². The summed E-state index contributed by atoms with van der Waals surface area (Å²) in [5.41, 5.74) is 15.6. The highest BCUT2D eigenvalue weighted by molar-refractivity contribution is 6.13. The van der Waals surface area contributed by atoms with E-state index in [-0.39, 0.29) is 0 Å². The van der Waals surface area contributed by atoms with Crippen molar-refractivity contribution in [3.05, 3.63) is 231 Å². The molecule has 0 aliphatic carbocycles. The summed E-state index contributed by atoms with van der Waals surface area (Å²) in [6, 6.07) is 80.6. The lowest BCUT2D eigenvalue weighted by atomic mass is 9.92. The minimum absolute atomic E-state index is 0.533. The smallest absolute Gasteiger partial charge is 0.164 e. The highest BCUT2D eigenvalue weighted by Crippen LogP contribution is 2.45. The van der Waals surface area contributed by atoms with Crippen molar-refractivity contribution in [3.63, 3.8) is 0 Å². The second-order valence-corrected chi connectivity index (χ2v) is 17.5. The van der Waals surface area contributed by atoms with Crippen LogP contribution in [-0.4, -0.2) is 19.5 Å². The number of aromatic nitrogens is 4. The van der Waals surface area contributed by atoms with Gasteiger partial charge in [0, 0.05) is 60.1 Å². The van der Waals surface area contributed by atoms with Crippen molar-refractivity contribution >= 4 is 65.7 Å². The fourth-order valence-electron chi connectivity index (χ4n) is 10.3. The molecule has 0 bridgehead atoms. The number of hydrogen-bond acceptors (Lipinski definition) is 5. The molecule has 0 spiro atoms. The molecule has 69 heavy (non-hydrogen) atoms. The molecule has 0 fully saturated rings. The third kappa shape index (κ3) is 6.38. The van der Waals surface area contributed by atoms with E-state index in [1.165, 1.54) is 21.9 Å². The van der Waals surface area contributed by atoms with Gasteiger partial charge in [0.15, 0.2) is 17.5 Å². The van der Waals surface area contributed by atoms with Crippen molar-refractivity contribution in [3.8, 4) is 73.2 Å². The Kier molecular flexibility index (Phi) is 8.79. The lowest BCUT2D eigenvalue weighted by Crippen LogP contribution is -2.04. The average Bonchev–Trinajstić information content (AvgIpc) is 4.10. The average molecular weight is 883 g/mol. The second kappa shape index (κ2) is 15.6. The van der Waals surface area contributed by atoms with Gasteiger partial charge in [-0.25, -0.2) is 15.0 Å². The molecule has 0 saturated heterocycles. The second-order valence-electron chi connectivity index (χ2n) is 17.5. The van der Waals surface area contributed by atoms with Gasteiger partial charge in [-0.1, -0.05) is 170 Å². The molecule has 0 radical (unpaired) electrons. The largest absolute Gasteiger partial charge is 0.456 e. The molecule has 14 rings (SSSR count). The Hall–Kier alpha value is -9.39. The van der Waals surface area contributed by atoms with Gasteiger partial charge < -0.3 is 13.4 Å². The van der Waals surface area contributed by atoms with Gasteiger partial charge >= 0.3 is 0 Å². The van der Waals surface area contributed by atoms with Crippen molar-refractivity contribution in [1.29, 1.82) is 0 Å². The van der Waals surface area contributed by atoms with Crippen LogP contribution < -0.4 is 0 Å². The first-order chi connectivity index (χ1) is 34.2. The van der Waals surface area contributed by atoms with Crippen molar-refractivity contribution in [2.75, 3.05) is 0 Å². The number of rotatable bonds is 7. The van der Waals surface area contributed by atoms with Crippen LogP contribution in [0.15, 0.2) is 239 Å². The van der Waals surface area contributed by atoms with Crippen LogP contribution in [0, 0.1) is 0 Å². The Bertz CT molecular complexity index is 4240. The molecule has 6 nitrogen and oxygen atoms in total. The molecule has 0 amide bonds. The number of furan rings is 2. The van der Waals surface area contributed by atoms with E-state index in [0.717, 1.165) is 99.5 Å². The van der Waals surface area contributed by atoms with Gasteiger partial charge in [0.2, 0.25) is 0 Å². The summed E-state index contributed by atoms with van der Waals surface area (Å²) in [5.74, 6) is 1.62. The number of hydrogen-bond donors (Lipinski definition) is 0. The fourth-order valence-corrected chi connectivity index (χ4v) is 10.3. The SMILES string of the molecule is c1ccc(-c2ccc3c(c2)c2ccccc2n3-c2c(-c3ccccc3)cc(-c3nc(-c4ccc5c(c4)oc4ccccc45)nc(-c4cccc5oc6ccccc6c45)n3)cc2-c2ccccc2)cc1. The number of benzene rings is 10. The van der Waals surface area contributed by atoms with Gasteiger partial charge in [-0.2, -0.15) is 0 Å². The van der Waals surface area contributed by atoms with Crippen LogP contribution in [0.4, 0.5) is 0 Å². The molecule has 6 heteroatoms. The topological polar surface area (TPSA) is 69.9 Å². The Morgan fingerprint density at radius 1 is 0.275 bits per heavy atom. The Morgan fingerprint density at radius 2 is 0.797 bits per heavy atom. The Morgan fingerprint density at radius 3 is 1.52 bits per heavy atom. The molecule has 0 atom stereocenters. The van der Waals surface area contributed by atoms with E-state index in [0.29, 0.717) is 17.5 Å². The lowest BCUT2D eigenvalue weighted by Gasteiger charge is -2.21. The van der Waals surface area contributed by atoms with E-state index in [1.807, 2.05) is 54.6 Å². The molecule has 0 unspecified atom stereocenters. The van der Waals surface area contributed by atoms with Gasteiger partial charge in [0.1, 0.15) is 22.3 Å². The van der Waals surface area contributed by atoms with Crippen LogP contribution in [0.5, 0.6) is 0 Å². The van der Waals surface area contributed by atoms with Crippen molar-refractivity contribution in [2.24, 2.45) is 0 Å². The van der Waals surface area contributed by atoms with E-state index in [4.69, 9.17) is 23.8 Å². The van der Waals surface area contributed by atoms with Crippen LogP contribution in [0.3, 0.4) is 0 Å². The molecule has 14 aromatic rings. The maximum atomic E-state index is 6.42. The minimum atomic E-state index is 0.533. The summed E-state index contributed by atoms with van der Waals surface area (Å²) in [7, 11) is 0. The molecule has 10 aromatic carbocycles. The normalized spacial score (nSPS) is 11.8. The van der Waals surface area contributed by atoms with Crippen molar-refractivity contribution < 1.29 is 8.83 Å². The standard InChI is InChI=1S/C63H38N4O2/c1-4-17-39(18-5-1)42-32-34-54-52(35-42)45-23-10-13-27-53(45)67(54)60-50(40-19-6-2-7-20-40)36-44(37-51(60)41-21-8-3-9-22-41)62-64-61(43-31-33-47-46-24-11-14-28-55(46)69-58(47)38-43)65-63(66-62)49-26-16-30-57-59(49)48-25-12-15-29-56(48)68-57/h1-38H. The predicted octanol–water partition coefficient (Wildman–Crippen LogP) is 16.8. The zero-order valence-electron chi connectivity index (χ0n) is 37.0. The molecule has 4 heterocycles. The summed E-state index contributed by atoms with van der Waals surface area (Å²) in [4.78, 5) is 16.1. The van der Waals surface area contributed by atoms with Crippen LogP contribution in [0.25, 0.3) is 139 Å². The third-order valence-corrected chi connectivity index (χ3v) is 13.5. The number of para-hydroxylation sites is 3.